The molecule has 1 heterocycles. The lowest BCUT2D eigenvalue weighted by Crippen LogP contribution is -2.33. The summed E-state index contributed by atoms with van der Waals surface area (Å²) >= 11 is 4.07. The summed E-state index contributed by atoms with van der Waals surface area (Å²) in [6, 6.07) is 4.05. The van der Waals surface area contributed by atoms with Gasteiger partial charge in [0, 0.05) is 31.0 Å². The van der Waals surface area contributed by atoms with Crippen molar-refractivity contribution in [1.82, 2.24) is 10.2 Å². The van der Waals surface area contributed by atoms with Crippen molar-refractivity contribution in [2.45, 2.75) is 24.2 Å². The minimum absolute atomic E-state index is 0.0335. The highest BCUT2D eigenvalue weighted by atomic mass is 32.1. The average Bonchev–Trinajstić information content (AvgIpc) is 2.95. The minimum Gasteiger partial charge on any atom is -0.351 e. The predicted octanol–water partition coefficient (Wildman–Crippen LogP) is 1.86. The number of nitrogens with one attached hydrogen (secondary N) is 1. The number of thiol groups is 1. The van der Waals surface area contributed by atoms with Crippen molar-refractivity contribution in [1.29, 1.82) is 0 Å². The Balaban J connectivity index is 1.83. The van der Waals surface area contributed by atoms with Crippen molar-refractivity contribution in [2.24, 2.45) is 0 Å². The summed E-state index contributed by atoms with van der Waals surface area (Å²) in [5.74, 6) is -1.08. The Morgan fingerprint density at radius 3 is 2.70 bits per heavy atom. The minimum atomic E-state index is -0.592. The van der Waals surface area contributed by atoms with Crippen LogP contribution in [0.25, 0.3) is 0 Å². The normalized spacial score (nSPS) is 14.4. The second kappa shape index (κ2) is 6.74. The molecule has 20 heavy (non-hydrogen) atoms. The zero-order chi connectivity index (χ0) is 14.5. The van der Waals surface area contributed by atoms with Crippen molar-refractivity contribution >= 4 is 24.4 Å². The number of carbonyl (C=O) groups excluding carboxylic acids is 2. The van der Waals surface area contributed by atoms with Crippen LogP contribution in [0.5, 0.6) is 0 Å². The van der Waals surface area contributed by atoms with Crippen molar-refractivity contribution in [3.63, 3.8) is 0 Å². The molecule has 1 aliphatic heterocycles. The maximum absolute atomic E-state index is 13.5. The summed E-state index contributed by atoms with van der Waals surface area (Å²) < 4.78 is 13.5. The first-order valence-corrected chi connectivity index (χ1v) is 7.07. The van der Waals surface area contributed by atoms with Gasteiger partial charge in [0.15, 0.2) is 0 Å². The number of halogens is 1. The quantitative estimate of drug-likeness (QED) is 0.833. The molecule has 0 aliphatic carbocycles. The highest BCUT2D eigenvalue weighted by Gasteiger charge is 2.18. The number of hydrogen-bond acceptors (Lipinski definition) is 3. The van der Waals surface area contributed by atoms with Crippen LogP contribution in [0, 0.1) is 5.82 Å². The molecule has 2 rings (SSSR count). The summed E-state index contributed by atoms with van der Waals surface area (Å²) in [4.78, 5) is 25.9. The zero-order valence-corrected chi connectivity index (χ0v) is 12.0. The molecule has 1 N–H and O–H groups in total. The van der Waals surface area contributed by atoms with Crippen molar-refractivity contribution in [3.8, 4) is 0 Å². The second-order valence-electron chi connectivity index (χ2n) is 4.76. The Bertz CT molecular complexity index is 516. The summed E-state index contributed by atoms with van der Waals surface area (Å²) in [6.45, 7) is 1.80. The number of rotatable bonds is 4. The van der Waals surface area contributed by atoms with Gasteiger partial charge in [-0.3, -0.25) is 9.59 Å². The second-order valence-corrected chi connectivity index (χ2v) is 5.27. The standard InChI is InChI=1S/C14H17FN2O2S/c15-12-4-3-10(20)9-11(12)14(19)16-6-5-13(18)17-7-1-2-8-17/h3-4,9,20H,1-2,5-8H2,(H,16,19). The van der Waals surface area contributed by atoms with E-state index in [-0.39, 0.29) is 24.4 Å². The fourth-order valence-corrected chi connectivity index (χ4v) is 2.39. The van der Waals surface area contributed by atoms with Gasteiger partial charge in [0.1, 0.15) is 5.82 Å². The van der Waals surface area contributed by atoms with E-state index < -0.39 is 11.7 Å². The molecule has 2 amide bonds. The molecular formula is C14H17FN2O2S. The maximum atomic E-state index is 13.5. The van der Waals surface area contributed by atoms with E-state index in [1.54, 1.807) is 4.90 Å². The molecule has 1 aromatic rings. The van der Waals surface area contributed by atoms with Crippen LogP contribution in [0.1, 0.15) is 29.6 Å². The number of carbonyl (C=O) groups is 2. The van der Waals surface area contributed by atoms with Gasteiger partial charge in [-0.25, -0.2) is 4.39 Å². The van der Waals surface area contributed by atoms with Gasteiger partial charge in [0.05, 0.1) is 5.56 Å². The molecule has 0 unspecified atom stereocenters. The molecule has 1 fully saturated rings. The lowest BCUT2D eigenvalue weighted by Gasteiger charge is -2.15. The average molecular weight is 296 g/mol. The van der Waals surface area contributed by atoms with Crippen LogP contribution < -0.4 is 5.32 Å². The van der Waals surface area contributed by atoms with Gasteiger partial charge < -0.3 is 10.2 Å². The van der Waals surface area contributed by atoms with E-state index in [1.807, 2.05) is 0 Å². The van der Waals surface area contributed by atoms with Gasteiger partial charge in [-0.15, -0.1) is 12.6 Å². The number of hydrogen-bond donors (Lipinski definition) is 2. The molecule has 6 heteroatoms. The van der Waals surface area contributed by atoms with Gasteiger partial charge in [0.25, 0.3) is 5.91 Å². The molecule has 0 radical (unpaired) electrons. The smallest absolute Gasteiger partial charge is 0.254 e. The van der Waals surface area contributed by atoms with Crippen LogP contribution in [0.2, 0.25) is 0 Å². The summed E-state index contributed by atoms with van der Waals surface area (Å²) in [5.41, 5.74) is -0.0499. The molecule has 1 aromatic carbocycles. The maximum Gasteiger partial charge on any atom is 0.254 e. The van der Waals surface area contributed by atoms with Gasteiger partial charge in [-0.1, -0.05) is 0 Å². The van der Waals surface area contributed by atoms with Crippen LogP contribution in [0.15, 0.2) is 23.1 Å². The van der Waals surface area contributed by atoms with E-state index >= 15 is 0 Å². The lowest BCUT2D eigenvalue weighted by atomic mass is 10.2. The SMILES string of the molecule is O=C(NCCC(=O)N1CCCC1)c1cc(S)ccc1F. The van der Waals surface area contributed by atoms with Crippen LogP contribution in [-0.2, 0) is 4.79 Å². The largest absolute Gasteiger partial charge is 0.351 e. The molecule has 0 bridgehead atoms. The molecule has 4 nitrogen and oxygen atoms in total. The Hall–Kier alpha value is -1.56. The highest BCUT2D eigenvalue weighted by Crippen LogP contribution is 2.13. The topological polar surface area (TPSA) is 49.4 Å². The Labute approximate surface area is 122 Å². The molecule has 108 valence electrons. The summed E-state index contributed by atoms with van der Waals surface area (Å²) in [7, 11) is 0. The van der Waals surface area contributed by atoms with E-state index in [0.29, 0.717) is 4.90 Å². The van der Waals surface area contributed by atoms with Crippen LogP contribution in [0.3, 0.4) is 0 Å². The first kappa shape index (κ1) is 14.8. The first-order valence-electron chi connectivity index (χ1n) is 6.62. The lowest BCUT2D eigenvalue weighted by molar-refractivity contribution is -0.129. The molecule has 1 saturated heterocycles. The Kier molecular flexibility index (Phi) is 5.00. The molecular weight excluding hydrogens is 279 g/mol. The van der Waals surface area contributed by atoms with E-state index in [9.17, 15) is 14.0 Å². The highest BCUT2D eigenvalue weighted by molar-refractivity contribution is 7.80. The van der Waals surface area contributed by atoms with Gasteiger partial charge in [-0.2, -0.15) is 0 Å². The summed E-state index contributed by atoms with van der Waals surface area (Å²) in [6.07, 6.45) is 2.32. The van der Waals surface area contributed by atoms with E-state index in [4.69, 9.17) is 0 Å². The monoisotopic (exact) mass is 296 g/mol. The molecule has 1 aliphatic rings. The Morgan fingerprint density at radius 1 is 1.30 bits per heavy atom. The molecule has 0 aromatic heterocycles. The van der Waals surface area contributed by atoms with Crippen molar-refractivity contribution in [3.05, 3.63) is 29.6 Å². The molecule has 0 spiro atoms. The Morgan fingerprint density at radius 2 is 2.00 bits per heavy atom. The summed E-state index contributed by atoms with van der Waals surface area (Å²) in [5, 5.41) is 2.56. The van der Waals surface area contributed by atoms with Crippen LogP contribution >= 0.6 is 12.6 Å². The van der Waals surface area contributed by atoms with Gasteiger partial charge >= 0.3 is 0 Å². The van der Waals surface area contributed by atoms with Gasteiger partial charge in [-0.05, 0) is 31.0 Å². The predicted molar refractivity (Wildman–Crippen MR) is 76.4 cm³/mol. The first-order chi connectivity index (χ1) is 9.58. The van der Waals surface area contributed by atoms with Gasteiger partial charge in [0.2, 0.25) is 5.91 Å². The fraction of sp³-hybridized carbons (Fsp3) is 0.429. The van der Waals surface area contributed by atoms with E-state index in [0.717, 1.165) is 25.9 Å². The van der Waals surface area contributed by atoms with Crippen molar-refractivity contribution < 1.29 is 14.0 Å². The number of benzene rings is 1. The zero-order valence-electron chi connectivity index (χ0n) is 11.1. The van der Waals surface area contributed by atoms with Crippen molar-refractivity contribution in [2.75, 3.05) is 19.6 Å². The fourth-order valence-electron chi connectivity index (χ4n) is 2.19. The third-order valence-electron chi connectivity index (χ3n) is 3.28. The number of likely N-dealkylation sites (tertiary alicyclic amines) is 1. The number of amides is 2. The third kappa shape index (κ3) is 3.72. The molecule has 0 atom stereocenters. The van der Waals surface area contributed by atoms with Crippen LogP contribution in [0.4, 0.5) is 4.39 Å². The van der Waals surface area contributed by atoms with E-state index in [2.05, 4.69) is 17.9 Å². The third-order valence-corrected chi connectivity index (χ3v) is 3.56. The number of nitrogens with zero attached hydrogens (tertiary/aromatic N) is 1. The molecule has 0 saturated carbocycles. The van der Waals surface area contributed by atoms with Crippen LogP contribution in [-0.4, -0.2) is 36.3 Å². The van der Waals surface area contributed by atoms with E-state index in [1.165, 1.54) is 18.2 Å².